The molecular formula is C16H17BrN2O2. The van der Waals surface area contributed by atoms with Crippen molar-refractivity contribution in [1.29, 1.82) is 0 Å². The topological polar surface area (TPSA) is 64.3 Å². The Labute approximate surface area is 132 Å². The first kappa shape index (κ1) is 15.4. The standard InChI is InChI=1S/C16H17BrN2O2/c1-21-15-7-6-11(8-13(15)17)10-19-14-5-3-2-4-12(14)9-16(18)20/h2-8,19H,9-10H2,1H3,(H2,18,20). The van der Waals surface area contributed by atoms with Gasteiger partial charge in [0.25, 0.3) is 0 Å². The molecule has 0 unspecified atom stereocenters. The molecule has 5 heteroatoms. The third-order valence-electron chi connectivity index (χ3n) is 3.08. The second-order valence-corrected chi connectivity index (χ2v) is 5.48. The first-order valence-electron chi connectivity index (χ1n) is 6.52. The molecule has 1 amide bonds. The Morgan fingerprint density at radius 3 is 2.71 bits per heavy atom. The number of hydrogen-bond donors (Lipinski definition) is 2. The molecule has 0 heterocycles. The van der Waals surface area contributed by atoms with Gasteiger partial charge in [0.2, 0.25) is 5.91 Å². The largest absolute Gasteiger partial charge is 0.496 e. The SMILES string of the molecule is COc1ccc(CNc2ccccc2CC(N)=O)cc1Br. The molecule has 0 spiro atoms. The summed E-state index contributed by atoms with van der Waals surface area (Å²) in [6, 6.07) is 13.6. The zero-order valence-electron chi connectivity index (χ0n) is 11.7. The molecule has 4 nitrogen and oxygen atoms in total. The van der Waals surface area contributed by atoms with E-state index in [1.165, 1.54) is 0 Å². The van der Waals surface area contributed by atoms with Crippen LogP contribution in [-0.4, -0.2) is 13.0 Å². The zero-order valence-corrected chi connectivity index (χ0v) is 13.3. The third kappa shape index (κ3) is 4.23. The van der Waals surface area contributed by atoms with Crippen LogP contribution in [0.4, 0.5) is 5.69 Å². The zero-order chi connectivity index (χ0) is 15.2. The molecule has 0 aliphatic carbocycles. The lowest BCUT2D eigenvalue weighted by Gasteiger charge is -2.12. The minimum Gasteiger partial charge on any atom is -0.496 e. The van der Waals surface area contributed by atoms with Crippen molar-refractivity contribution in [3.63, 3.8) is 0 Å². The Balaban J connectivity index is 2.09. The van der Waals surface area contributed by atoms with E-state index in [1.54, 1.807) is 7.11 Å². The summed E-state index contributed by atoms with van der Waals surface area (Å²) >= 11 is 3.47. The van der Waals surface area contributed by atoms with Crippen molar-refractivity contribution < 1.29 is 9.53 Å². The number of primary amides is 1. The fourth-order valence-electron chi connectivity index (χ4n) is 2.05. The van der Waals surface area contributed by atoms with Crippen molar-refractivity contribution in [2.24, 2.45) is 5.73 Å². The summed E-state index contributed by atoms with van der Waals surface area (Å²) in [5.41, 5.74) is 8.19. The number of nitrogens with two attached hydrogens (primary N) is 1. The van der Waals surface area contributed by atoms with Crippen LogP contribution in [0.2, 0.25) is 0 Å². The molecule has 0 fully saturated rings. The number of anilines is 1. The molecule has 2 rings (SSSR count). The predicted molar refractivity (Wildman–Crippen MR) is 87.4 cm³/mol. The molecule has 2 aromatic rings. The van der Waals surface area contributed by atoms with Crippen molar-refractivity contribution in [2.75, 3.05) is 12.4 Å². The van der Waals surface area contributed by atoms with Gasteiger partial charge in [0.1, 0.15) is 5.75 Å². The van der Waals surface area contributed by atoms with Crippen LogP contribution in [-0.2, 0) is 17.8 Å². The summed E-state index contributed by atoms with van der Waals surface area (Å²) in [4.78, 5) is 11.1. The average molecular weight is 349 g/mol. The number of benzene rings is 2. The Morgan fingerprint density at radius 1 is 1.29 bits per heavy atom. The lowest BCUT2D eigenvalue weighted by molar-refractivity contribution is -0.117. The Hall–Kier alpha value is -2.01. The summed E-state index contributed by atoms with van der Waals surface area (Å²) in [5, 5.41) is 3.33. The van der Waals surface area contributed by atoms with Gasteiger partial charge in [-0.15, -0.1) is 0 Å². The van der Waals surface area contributed by atoms with Gasteiger partial charge in [-0.1, -0.05) is 24.3 Å². The van der Waals surface area contributed by atoms with Gasteiger partial charge in [-0.05, 0) is 45.3 Å². The van der Waals surface area contributed by atoms with Crippen LogP contribution < -0.4 is 15.8 Å². The van der Waals surface area contributed by atoms with Gasteiger partial charge in [-0.25, -0.2) is 0 Å². The van der Waals surface area contributed by atoms with Crippen LogP contribution in [0.3, 0.4) is 0 Å². The molecule has 2 aromatic carbocycles. The van der Waals surface area contributed by atoms with Crippen LogP contribution in [0.1, 0.15) is 11.1 Å². The highest BCUT2D eigenvalue weighted by Crippen LogP contribution is 2.26. The molecule has 0 saturated heterocycles. The molecule has 0 bridgehead atoms. The quantitative estimate of drug-likeness (QED) is 0.842. The average Bonchev–Trinajstić information content (AvgIpc) is 2.46. The molecule has 0 atom stereocenters. The van der Waals surface area contributed by atoms with Crippen molar-refractivity contribution in [1.82, 2.24) is 0 Å². The highest BCUT2D eigenvalue weighted by atomic mass is 79.9. The molecule has 3 N–H and O–H groups in total. The fraction of sp³-hybridized carbons (Fsp3) is 0.188. The number of rotatable bonds is 6. The van der Waals surface area contributed by atoms with Gasteiger partial charge in [-0.2, -0.15) is 0 Å². The normalized spacial score (nSPS) is 10.2. The predicted octanol–water partition coefficient (Wildman–Crippen LogP) is 3.10. The van der Waals surface area contributed by atoms with Gasteiger partial charge < -0.3 is 15.8 Å². The van der Waals surface area contributed by atoms with Crippen molar-refractivity contribution in [2.45, 2.75) is 13.0 Å². The second kappa shape index (κ2) is 7.13. The lowest BCUT2D eigenvalue weighted by atomic mass is 10.1. The highest BCUT2D eigenvalue weighted by Gasteiger charge is 2.06. The van der Waals surface area contributed by atoms with E-state index < -0.39 is 0 Å². The van der Waals surface area contributed by atoms with E-state index in [1.807, 2.05) is 42.5 Å². The maximum absolute atomic E-state index is 11.1. The molecule has 0 aliphatic rings. The van der Waals surface area contributed by atoms with Gasteiger partial charge in [-0.3, -0.25) is 4.79 Å². The summed E-state index contributed by atoms with van der Waals surface area (Å²) in [6.45, 7) is 0.651. The smallest absolute Gasteiger partial charge is 0.221 e. The van der Waals surface area contributed by atoms with E-state index in [0.29, 0.717) is 6.54 Å². The Morgan fingerprint density at radius 2 is 2.05 bits per heavy atom. The molecule has 0 aliphatic heterocycles. The molecule has 0 radical (unpaired) electrons. The summed E-state index contributed by atoms with van der Waals surface area (Å²) in [5.74, 6) is 0.462. The highest BCUT2D eigenvalue weighted by molar-refractivity contribution is 9.10. The van der Waals surface area contributed by atoms with Crippen molar-refractivity contribution >= 4 is 27.5 Å². The minimum absolute atomic E-state index is 0.232. The van der Waals surface area contributed by atoms with E-state index in [2.05, 4.69) is 21.2 Å². The van der Waals surface area contributed by atoms with Crippen LogP contribution >= 0.6 is 15.9 Å². The van der Waals surface area contributed by atoms with Crippen LogP contribution in [0, 0.1) is 0 Å². The lowest BCUT2D eigenvalue weighted by Crippen LogP contribution is -2.15. The van der Waals surface area contributed by atoms with Gasteiger partial charge in [0, 0.05) is 12.2 Å². The Kier molecular flexibility index (Phi) is 5.22. The number of nitrogens with one attached hydrogen (secondary N) is 1. The summed E-state index contributed by atoms with van der Waals surface area (Å²) < 4.78 is 6.12. The van der Waals surface area contributed by atoms with E-state index in [0.717, 1.165) is 27.0 Å². The van der Waals surface area contributed by atoms with Crippen molar-refractivity contribution in [3.8, 4) is 5.75 Å². The number of carbonyl (C=O) groups excluding carboxylic acids is 1. The van der Waals surface area contributed by atoms with Gasteiger partial charge >= 0.3 is 0 Å². The summed E-state index contributed by atoms with van der Waals surface area (Å²) in [6.07, 6.45) is 0.232. The fourth-order valence-corrected chi connectivity index (χ4v) is 2.64. The Bertz CT molecular complexity index is 644. The van der Waals surface area contributed by atoms with Gasteiger partial charge in [0.15, 0.2) is 0 Å². The van der Waals surface area contributed by atoms with E-state index >= 15 is 0 Å². The van der Waals surface area contributed by atoms with Crippen LogP contribution in [0.5, 0.6) is 5.75 Å². The third-order valence-corrected chi connectivity index (χ3v) is 3.70. The van der Waals surface area contributed by atoms with E-state index in [-0.39, 0.29) is 12.3 Å². The number of methoxy groups -OCH3 is 1. The molecule has 0 saturated carbocycles. The number of ether oxygens (including phenoxy) is 1. The number of amides is 1. The number of hydrogen-bond acceptors (Lipinski definition) is 3. The molecule has 21 heavy (non-hydrogen) atoms. The van der Waals surface area contributed by atoms with E-state index in [4.69, 9.17) is 10.5 Å². The molecule has 0 aromatic heterocycles. The summed E-state index contributed by atoms with van der Waals surface area (Å²) in [7, 11) is 1.64. The maximum Gasteiger partial charge on any atom is 0.221 e. The first-order chi connectivity index (χ1) is 10.1. The minimum atomic E-state index is -0.337. The number of para-hydroxylation sites is 1. The molecular weight excluding hydrogens is 332 g/mol. The second-order valence-electron chi connectivity index (χ2n) is 4.62. The first-order valence-corrected chi connectivity index (χ1v) is 7.32. The molecule has 110 valence electrons. The van der Waals surface area contributed by atoms with E-state index in [9.17, 15) is 4.79 Å². The van der Waals surface area contributed by atoms with Crippen LogP contribution in [0.25, 0.3) is 0 Å². The number of halogens is 1. The maximum atomic E-state index is 11.1. The van der Waals surface area contributed by atoms with Crippen molar-refractivity contribution in [3.05, 3.63) is 58.1 Å². The van der Waals surface area contributed by atoms with Crippen LogP contribution in [0.15, 0.2) is 46.9 Å². The monoisotopic (exact) mass is 348 g/mol. The number of carbonyl (C=O) groups is 1. The van der Waals surface area contributed by atoms with Gasteiger partial charge in [0.05, 0.1) is 18.0 Å².